The van der Waals surface area contributed by atoms with Crippen LogP contribution in [-0.4, -0.2) is 20.8 Å². The average Bonchev–Trinajstić information content (AvgIpc) is 2.44. The fraction of sp³-hybridized carbons (Fsp3) is 0.538. The predicted molar refractivity (Wildman–Crippen MR) is 73.7 cm³/mol. The molecule has 0 aliphatic heterocycles. The maximum absolute atomic E-state index is 12.5. The van der Waals surface area contributed by atoms with E-state index in [-0.39, 0.29) is 0 Å². The van der Waals surface area contributed by atoms with E-state index in [2.05, 4.69) is 12.2 Å². The van der Waals surface area contributed by atoms with E-state index in [9.17, 15) is 4.57 Å². The van der Waals surface area contributed by atoms with Crippen LogP contribution in [0.25, 0.3) is 0 Å². The highest BCUT2D eigenvalue weighted by atomic mass is 31.2. The molecule has 4 nitrogen and oxygen atoms in total. The fourth-order valence-corrected chi connectivity index (χ4v) is 3.21. The van der Waals surface area contributed by atoms with Gasteiger partial charge in [-0.25, -0.2) is 0 Å². The van der Waals surface area contributed by atoms with Gasteiger partial charge in [0, 0.05) is 14.2 Å². The van der Waals surface area contributed by atoms with Gasteiger partial charge in [-0.2, -0.15) is 0 Å². The Morgan fingerprint density at radius 2 is 1.83 bits per heavy atom. The molecule has 0 aliphatic carbocycles. The minimum atomic E-state index is -3.16. The van der Waals surface area contributed by atoms with E-state index in [1.807, 2.05) is 30.3 Å². The smallest absolute Gasteiger partial charge is 0.311 e. The molecule has 102 valence electrons. The quantitative estimate of drug-likeness (QED) is 0.580. The van der Waals surface area contributed by atoms with Crippen molar-refractivity contribution in [1.82, 2.24) is 5.32 Å². The van der Waals surface area contributed by atoms with Crippen molar-refractivity contribution in [3.8, 4) is 0 Å². The van der Waals surface area contributed by atoms with Gasteiger partial charge in [-0.15, -0.1) is 0 Å². The number of nitrogens with one attached hydrogen (secondary N) is 1. The van der Waals surface area contributed by atoms with Gasteiger partial charge in [0.15, 0.2) is 0 Å². The zero-order valence-corrected chi connectivity index (χ0v) is 12.2. The van der Waals surface area contributed by atoms with E-state index in [1.54, 1.807) is 0 Å². The number of hydrogen-bond acceptors (Lipinski definition) is 4. The van der Waals surface area contributed by atoms with Crippen LogP contribution >= 0.6 is 7.60 Å². The molecular formula is C13H22NO3P. The molecule has 1 N–H and O–H groups in total. The van der Waals surface area contributed by atoms with Crippen LogP contribution in [0.15, 0.2) is 30.3 Å². The molecule has 0 saturated heterocycles. The fourth-order valence-electron chi connectivity index (χ4n) is 1.75. The summed E-state index contributed by atoms with van der Waals surface area (Å²) in [7, 11) is -0.328. The van der Waals surface area contributed by atoms with Crippen molar-refractivity contribution in [2.24, 2.45) is 0 Å². The molecule has 0 fully saturated rings. The number of hydrogen-bond donors (Lipinski definition) is 1. The molecule has 5 heteroatoms. The summed E-state index contributed by atoms with van der Waals surface area (Å²) in [6.45, 7) is 2.90. The van der Waals surface area contributed by atoms with Crippen LogP contribution in [0.1, 0.15) is 31.1 Å². The third kappa shape index (κ3) is 3.92. The molecule has 0 aromatic heterocycles. The molecule has 0 saturated carbocycles. The van der Waals surface area contributed by atoms with Gasteiger partial charge in [0.05, 0.1) is 0 Å². The molecule has 1 rings (SSSR count). The molecule has 0 spiro atoms. The van der Waals surface area contributed by atoms with Gasteiger partial charge < -0.3 is 9.05 Å². The Hall–Kier alpha value is -0.670. The Balaban J connectivity index is 2.91. The molecule has 0 bridgehead atoms. The van der Waals surface area contributed by atoms with Crippen LogP contribution in [0.4, 0.5) is 0 Å². The maximum atomic E-state index is 12.5. The Morgan fingerprint density at radius 1 is 1.22 bits per heavy atom. The van der Waals surface area contributed by atoms with Crippen molar-refractivity contribution in [2.75, 3.05) is 20.8 Å². The molecular weight excluding hydrogens is 249 g/mol. The summed E-state index contributed by atoms with van der Waals surface area (Å²) in [5.41, 5.74) is 0.917. The molecule has 18 heavy (non-hydrogen) atoms. The second kappa shape index (κ2) is 7.70. The van der Waals surface area contributed by atoms with Crippen molar-refractivity contribution >= 4 is 7.60 Å². The first-order chi connectivity index (χ1) is 8.68. The van der Waals surface area contributed by atoms with Gasteiger partial charge in [-0.05, 0) is 18.5 Å². The molecule has 0 amide bonds. The van der Waals surface area contributed by atoms with Crippen molar-refractivity contribution in [3.05, 3.63) is 35.9 Å². The lowest BCUT2D eigenvalue weighted by Gasteiger charge is -2.25. The molecule has 1 atom stereocenters. The van der Waals surface area contributed by atoms with E-state index in [1.165, 1.54) is 14.2 Å². The summed E-state index contributed by atoms with van der Waals surface area (Å²) in [6.07, 6.45) is 2.11. The lowest BCUT2D eigenvalue weighted by Crippen LogP contribution is -2.23. The van der Waals surface area contributed by atoms with E-state index >= 15 is 0 Å². The van der Waals surface area contributed by atoms with Gasteiger partial charge in [0.25, 0.3) is 0 Å². The van der Waals surface area contributed by atoms with E-state index < -0.39 is 13.4 Å². The minimum absolute atomic E-state index is 0.416. The van der Waals surface area contributed by atoms with E-state index in [0.29, 0.717) is 0 Å². The van der Waals surface area contributed by atoms with Gasteiger partial charge in [-0.3, -0.25) is 9.88 Å². The van der Waals surface area contributed by atoms with Gasteiger partial charge in [-0.1, -0.05) is 43.7 Å². The van der Waals surface area contributed by atoms with E-state index in [0.717, 1.165) is 24.9 Å². The molecule has 0 aliphatic rings. The summed E-state index contributed by atoms with van der Waals surface area (Å²) in [5, 5.41) is 3.27. The Bertz CT molecular complexity index is 375. The standard InChI is InChI=1S/C13H22NO3P/c1-4-5-11-14-13(18(15,16-2)17-3)12-9-7-6-8-10-12/h6-10,13-14H,4-5,11H2,1-3H3. The first-order valence-electron chi connectivity index (χ1n) is 6.17. The van der Waals surface area contributed by atoms with Crippen LogP contribution in [-0.2, 0) is 13.6 Å². The SMILES string of the molecule is CCCCNC(c1ccccc1)P(=O)(OC)OC. The summed E-state index contributed by atoms with van der Waals surface area (Å²) in [5.74, 6) is -0.416. The van der Waals surface area contributed by atoms with Crippen LogP contribution in [0, 0.1) is 0 Å². The zero-order chi connectivity index (χ0) is 13.4. The highest BCUT2D eigenvalue weighted by molar-refractivity contribution is 7.54. The maximum Gasteiger partial charge on any atom is 0.351 e. The second-order valence-electron chi connectivity index (χ2n) is 4.03. The van der Waals surface area contributed by atoms with Crippen LogP contribution in [0.3, 0.4) is 0 Å². The van der Waals surface area contributed by atoms with Crippen LogP contribution in [0.5, 0.6) is 0 Å². The number of unbranched alkanes of at least 4 members (excludes halogenated alkanes) is 1. The first kappa shape index (κ1) is 15.4. The highest BCUT2D eigenvalue weighted by Crippen LogP contribution is 2.58. The summed E-state index contributed by atoms with van der Waals surface area (Å²) in [4.78, 5) is 0. The minimum Gasteiger partial charge on any atom is -0.311 e. The molecule has 0 radical (unpaired) electrons. The highest BCUT2D eigenvalue weighted by Gasteiger charge is 2.34. The molecule has 0 heterocycles. The van der Waals surface area contributed by atoms with Crippen LogP contribution in [0.2, 0.25) is 0 Å². The van der Waals surface area contributed by atoms with Crippen molar-refractivity contribution in [3.63, 3.8) is 0 Å². The van der Waals surface area contributed by atoms with Crippen molar-refractivity contribution in [1.29, 1.82) is 0 Å². The summed E-state index contributed by atoms with van der Waals surface area (Å²) in [6, 6.07) is 9.61. The van der Waals surface area contributed by atoms with Crippen LogP contribution < -0.4 is 5.32 Å². The summed E-state index contributed by atoms with van der Waals surface area (Å²) < 4.78 is 22.7. The number of benzene rings is 1. The predicted octanol–water partition coefficient (Wildman–Crippen LogP) is 3.56. The largest absolute Gasteiger partial charge is 0.351 e. The van der Waals surface area contributed by atoms with Crippen molar-refractivity contribution < 1.29 is 13.6 Å². The second-order valence-corrected chi connectivity index (χ2v) is 6.35. The lowest BCUT2D eigenvalue weighted by atomic mass is 10.2. The zero-order valence-electron chi connectivity index (χ0n) is 11.3. The third-order valence-electron chi connectivity index (χ3n) is 2.81. The molecule has 1 aromatic carbocycles. The van der Waals surface area contributed by atoms with E-state index in [4.69, 9.17) is 9.05 Å². The van der Waals surface area contributed by atoms with Gasteiger partial charge in [0.1, 0.15) is 5.78 Å². The first-order valence-corrected chi connectivity index (χ1v) is 7.78. The monoisotopic (exact) mass is 271 g/mol. The average molecular weight is 271 g/mol. The normalized spacial score (nSPS) is 13.5. The van der Waals surface area contributed by atoms with Crippen molar-refractivity contribution in [2.45, 2.75) is 25.5 Å². The lowest BCUT2D eigenvalue weighted by molar-refractivity contribution is 0.259. The molecule has 1 aromatic rings. The Kier molecular flexibility index (Phi) is 6.58. The topological polar surface area (TPSA) is 47.6 Å². The number of rotatable bonds is 8. The Morgan fingerprint density at radius 3 is 2.33 bits per heavy atom. The Labute approximate surface area is 109 Å². The third-order valence-corrected chi connectivity index (χ3v) is 4.94. The summed E-state index contributed by atoms with van der Waals surface area (Å²) >= 11 is 0. The van der Waals surface area contributed by atoms with Gasteiger partial charge >= 0.3 is 7.60 Å². The molecule has 1 unspecified atom stereocenters. The van der Waals surface area contributed by atoms with Gasteiger partial charge in [0.2, 0.25) is 0 Å².